The molecular formula is C20H27NOS. The molecule has 1 aliphatic carbocycles. The molecule has 124 valence electrons. The Morgan fingerprint density at radius 3 is 2.57 bits per heavy atom. The summed E-state index contributed by atoms with van der Waals surface area (Å²) in [7, 11) is 0. The van der Waals surface area contributed by atoms with Crippen LogP contribution in [0.2, 0.25) is 0 Å². The summed E-state index contributed by atoms with van der Waals surface area (Å²) in [4.78, 5) is 13.0. The van der Waals surface area contributed by atoms with E-state index >= 15 is 0 Å². The molecule has 1 N–H and O–H groups in total. The fourth-order valence-electron chi connectivity index (χ4n) is 3.77. The third-order valence-electron chi connectivity index (χ3n) is 4.85. The van der Waals surface area contributed by atoms with Gasteiger partial charge in [-0.05, 0) is 42.7 Å². The van der Waals surface area contributed by atoms with Crippen molar-refractivity contribution in [3.63, 3.8) is 0 Å². The van der Waals surface area contributed by atoms with Crippen molar-refractivity contribution in [2.45, 2.75) is 64.2 Å². The zero-order valence-corrected chi connectivity index (χ0v) is 14.9. The van der Waals surface area contributed by atoms with Crippen LogP contribution in [0.3, 0.4) is 0 Å². The molecule has 23 heavy (non-hydrogen) atoms. The van der Waals surface area contributed by atoms with Crippen LogP contribution in [0.1, 0.15) is 84.8 Å². The van der Waals surface area contributed by atoms with Crippen LogP contribution < -0.4 is 5.32 Å². The van der Waals surface area contributed by atoms with Gasteiger partial charge in [0.2, 0.25) is 0 Å². The van der Waals surface area contributed by atoms with Crippen LogP contribution in [0.25, 0.3) is 0 Å². The SMILES string of the molecule is C=C.CCCCc1ccc2c(c1C1CCCCC1)C(=O)NC2=S. The van der Waals surface area contributed by atoms with Gasteiger partial charge in [0, 0.05) is 5.56 Å². The van der Waals surface area contributed by atoms with Crippen molar-refractivity contribution in [1.29, 1.82) is 0 Å². The molecule has 2 nitrogen and oxygen atoms in total. The maximum atomic E-state index is 12.4. The van der Waals surface area contributed by atoms with Crippen LogP contribution in [-0.2, 0) is 6.42 Å². The number of amides is 1. The smallest absolute Gasteiger partial charge is 0.257 e. The summed E-state index contributed by atoms with van der Waals surface area (Å²) in [6.45, 7) is 8.22. The van der Waals surface area contributed by atoms with Gasteiger partial charge >= 0.3 is 0 Å². The molecule has 3 rings (SSSR count). The number of carbonyl (C=O) groups excluding carboxylic acids is 1. The van der Waals surface area contributed by atoms with Gasteiger partial charge in [0.05, 0.1) is 5.56 Å². The number of rotatable bonds is 4. The third-order valence-corrected chi connectivity index (χ3v) is 5.17. The molecule has 1 aliphatic heterocycles. The Morgan fingerprint density at radius 2 is 1.91 bits per heavy atom. The first kappa shape index (κ1) is 17.9. The van der Waals surface area contributed by atoms with Crippen LogP contribution in [0.4, 0.5) is 0 Å². The quantitative estimate of drug-likeness (QED) is 0.600. The Kier molecular flexibility index (Phi) is 6.52. The fraction of sp³-hybridized carbons (Fsp3) is 0.500. The lowest BCUT2D eigenvalue weighted by molar-refractivity contribution is 0.0982. The summed E-state index contributed by atoms with van der Waals surface area (Å²) in [5.74, 6) is 0.570. The van der Waals surface area contributed by atoms with E-state index in [1.807, 2.05) is 6.07 Å². The summed E-state index contributed by atoms with van der Waals surface area (Å²) in [6.07, 6.45) is 9.79. The molecule has 1 saturated carbocycles. The van der Waals surface area contributed by atoms with Gasteiger partial charge in [0.25, 0.3) is 5.91 Å². The van der Waals surface area contributed by atoms with Gasteiger partial charge in [-0.3, -0.25) is 4.79 Å². The number of hydrogen-bond acceptors (Lipinski definition) is 2. The molecule has 1 heterocycles. The molecule has 1 amide bonds. The lowest BCUT2D eigenvalue weighted by atomic mass is 9.78. The van der Waals surface area contributed by atoms with E-state index in [9.17, 15) is 4.79 Å². The average Bonchev–Trinajstić information content (AvgIpc) is 2.89. The molecule has 3 heteroatoms. The van der Waals surface area contributed by atoms with E-state index in [2.05, 4.69) is 31.5 Å². The molecule has 0 unspecified atom stereocenters. The second-order valence-electron chi connectivity index (χ2n) is 6.28. The van der Waals surface area contributed by atoms with E-state index in [1.54, 1.807) is 0 Å². The predicted octanol–water partition coefficient (Wildman–Crippen LogP) is 5.30. The number of aryl methyl sites for hydroxylation is 1. The van der Waals surface area contributed by atoms with E-state index in [0.717, 1.165) is 17.5 Å². The molecule has 1 aromatic rings. The van der Waals surface area contributed by atoms with Gasteiger partial charge in [-0.15, -0.1) is 13.2 Å². The van der Waals surface area contributed by atoms with Crippen molar-refractivity contribution in [3.8, 4) is 0 Å². The number of benzene rings is 1. The van der Waals surface area contributed by atoms with E-state index in [-0.39, 0.29) is 5.91 Å². The molecule has 0 atom stereocenters. The maximum absolute atomic E-state index is 12.4. The van der Waals surface area contributed by atoms with Gasteiger partial charge in [-0.1, -0.05) is 57.0 Å². The average molecular weight is 330 g/mol. The zero-order chi connectivity index (χ0) is 16.8. The standard InChI is InChI=1S/C18H23NOS.C2H4/c1-2-3-7-13-10-11-14-16(17(20)19-18(14)21)15(13)12-8-5-4-6-9-12;1-2/h10-12H,2-9H2,1H3,(H,19,20,21);1-2H2. The topological polar surface area (TPSA) is 29.1 Å². The lowest BCUT2D eigenvalue weighted by Crippen LogP contribution is -2.20. The number of hydrogen-bond donors (Lipinski definition) is 1. The highest BCUT2D eigenvalue weighted by Gasteiger charge is 2.31. The summed E-state index contributed by atoms with van der Waals surface area (Å²) < 4.78 is 0. The minimum Gasteiger partial charge on any atom is -0.312 e. The van der Waals surface area contributed by atoms with E-state index in [0.29, 0.717) is 10.9 Å². The Labute approximate surface area is 145 Å². The molecule has 1 fully saturated rings. The Hall–Kier alpha value is -1.48. The van der Waals surface area contributed by atoms with Crippen molar-refractivity contribution in [3.05, 3.63) is 47.5 Å². The molecule has 0 radical (unpaired) electrons. The van der Waals surface area contributed by atoms with Crippen LogP contribution in [0.5, 0.6) is 0 Å². The lowest BCUT2D eigenvalue weighted by Gasteiger charge is -2.26. The molecule has 0 aromatic heterocycles. The van der Waals surface area contributed by atoms with E-state index in [4.69, 9.17) is 12.2 Å². The molecule has 2 aliphatic rings. The molecular weight excluding hydrogens is 302 g/mol. The Morgan fingerprint density at radius 1 is 1.22 bits per heavy atom. The highest BCUT2D eigenvalue weighted by Crippen LogP contribution is 2.39. The normalized spacial score (nSPS) is 17.3. The van der Waals surface area contributed by atoms with Crippen LogP contribution in [-0.4, -0.2) is 10.9 Å². The monoisotopic (exact) mass is 329 g/mol. The summed E-state index contributed by atoms with van der Waals surface area (Å²) in [6, 6.07) is 4.26. The molecule has 0 bridgehead atoms. The zero-order valence-electron chi connectivity index (χ0n) is 14.1. The second-order valence-corrected chi connectivity index (χ2v) is 6.69. The summed E-state index contributed by atoms with van der Waals surface area (Å²) in [5.41, 5.74) is 4.54. The largest absolute Gasteiger partial charge is 0.312 e. The van der Waals surface area contributed by atoms with E-state index < -0.39 is 0 Å². The second kappa shape index (κ2) is 8.39. The van der Waals surface area contributed by atoms with Crippen molar-refractivity contribution in [1.82, 2.24) is 5.32 Å². The van der Waals surface area contributed by atoms with Crippen LogP contribution >= 0.6 is 12.2 Å². The predicted molar refractivity (Wildman–Crippen MR) is 101 cm³/mol. The van der Waals surface area contributed by atoms with Gasteiger partial charge in [-0.25, -0.2) is 0 Å². The first-order valence-electron chi connectivity index (χ1n) is 8.73. The van der Waals surface area contributed by atoms with Crippen molar-refractivity contribution in [2.24, 2.45) is 0 Å². The number of nitrogens with one attached hydrogen (secondary N) is 1. The minimum absolute atomic E-state index is 0.0221. The fourth-order valence-corrected chi connectivity index (χ4v) is 4.04. The van der Waals surface area contributed by atoms with Gasteiger partial charge < -0.3 is 5.32 Å². The number of carbonyl (C=O) groups is 1. The molecule has 1 aromatic carbocycles. The maximum Gasteiger partial charge on any atom is 0.257 e. The van der Waals surface area contributed by atoms with Crippen molar-refractivity contribution >= 4 is 23.1 Å². The highest BCUT2D eigenvalue weighted by molar-refractivity contribution is 7.80. The van der Waals surface area contributed by atoms with Gasteiger partial charge in [0.15, 0.2) is 0 Å². The Bertz CT molecular complexity index is 588. The third kappa shape index (κ3) is 3.72. The first-order chi connectivity index (χ1) is 11.2. The number of unbranched alkanes of at least 4 members (excludes halogenated alkanes) is 1. The van der Waals surface area contributed by atoms with Gasteiger partial charge in [0.1, 0.15) is 4.99 Å². The Balaban J connectivity index is 0.000000924. The van der Waals surface area contributed by atoms with Crippen molar-refractivity contribution < 1.29 is 4.79 Å². The minimum atomic E-state index is 0.0221. The highest BCUT2D eigenvalue weighted by atomic mass is 32.1. The van der Waals surface area contributed by atoms with Crippen molar-refractivity contribution in [2.75, 3.05) is 0 Å². The van der Waals surface area contributed by atoms with Gasteiger partial charge in [-0.2, -0.15) is 0 Å². The molecule has 0 spiro atoms. The van der Waals surface area contributed by atoms with Crippen LogP contribution in [0.15, 0.2) is 25.3 Å². The van der Waals surface area contributed by atoms with E-state index in [1.165, 1.54) is 56.1 Å². The number of thiocarbonyl (C=S) groups is 1. The molecule has 0 saturated heterocycles. The summed E-state index contributed by atoms with van der Waals surface area (Å²) >= 11 is 5.31. The summed E-state index contributed by atoms with van der Waals surface area (Å²) in [5, 5.41) is 2.84. The van der Waals surface area contributed by atoms with Crippen LogP contribution in [0, 0.1) is 0 Å². The first-order valence-corrected chi connectivity index (χ1v) is 9.14. The number of fused-ring (bicyclic) bond motifs is 1.